The molecule has 1 N–H and O–H groups in total. The van der Waals surface area contributed by atoms with Crippen molar-refractivity contribution in [2.24, 2.45) is 0 Å². The van der Waals surface area contributed by atoms with Gasteiger partial charge >= 0.3 is 0 Å². The maximum Gasteiger partial charge on any atom is 0.267 e. The topological polar surface area (TPSA) is 76.5 Å². The van der Waals surface area contributed by atoms with E-state index in [4.69, 9.17) is 4.74 Å². The van der Waals surface area contributed by atoms with Gasteiger partial charge in [0.15, 0.2) is 0 Å². The molecule has 1 atom stereocenters. The van der Waals surface area contributed by atoms with Crippen molar-refractivity contribution in [3.05, 3.63) is 52.9 Å². The molecular formula is C18H22N4O3. The van der Waals surface area contributed by atoms with E-state index in [-0.39, 0.29) is 24.1 Å². The number of hydrogen-bond donors (Lipinski definition) is 1. The normalized spacial score (nSPS) is 17.3. The van der Waals surface area contributed by atoms with Crippen LogP contribution in [0.5, 0.6) is 0 Å². The summed E-state index contributed by atoms with van der Waals surface area (Å²) in [5, 5.41) is 6.66. The summed E-state index contributed by atoms with van der Waals surface area (Å²) in [6.07, 6.45) is 3.95. The standard InChI is InChI=1S/C18H22N4O3/c1-25-16-4-3-11-21(12-16)15-8-6-14(7-9-15)20-17(23)13-22-18(24)5-2-10-19-22/h2,5-10,16H,3-4,11-13H2,1H3,(H,20,23). The fourth-order valence-corrected chi connectivity index (χ4v) is 2.96. The first-order valence-electron chi connectivity index (χ1n) is 8.35. The lowest BCUT2D eigenvalue weighted by Crippen LogP contribution is -2.39. The highest BCUT2D eigenvalue weighted by Gasteiger charge is 2.19. The Morgan fingerprint density at radius 2 is 2.12 bits per heavy atom. The van der Waals surface area contributed by atoms with Crippen molar-refractivity contribution in [2.45, 2.75) is 25.5 Å². The molecule has 1 amide bonds. The van der Waals surface area contributed by atoms with E-state index in [1.165, 1.54) is 12.3 Å². The average Bonchev–Trinajstić information content (AvgIpc) is 2.64. The van der Waals surface area contributed by atoms with Crippen LogP contribution >= 0.6 is 0 Å². The number of piperidine rings is 1. The summed E-state index contributed by atoms with van der Waals surface area (Å²) in [4.78, 5) is 25.9. The van der Waals surface area contributed by atoms with Crippen molar-refractivity contribution in [1.82, 2.24) is 9.78 Å². The van der Waals surface area contributed by atoms with E-state index in [2.05, 4.69) is 15.3 Å². The van der Waals surface area contributed by atoms with Crippen molar-refractivity contribution < 1.29 is 9.53 Å². The molecule has 7 heteroatoms. The van der Waals surface area contributed by atoms with E-state index in [0.29, 0.717) is 5.69 Å². The first-order chi connectivity index (χ1) is 12.2. The summed E-state index contributed by atoms with van der Waals surface area (Å²) >= 11 is 0. The fourth-order valence-electron chi connectivity index (χ4n) is 2.96. The molecule has 3 rings (SSSR count). The Hall–Kier alpha value is -2.67. The van der Waals surface area contributed by atoms with Gasteiger partial charge in [0.1, 0.15) is 6.54 Å². The number of anilines is 2. The summed E-state index contributed by atoms with van der Waals surface area (Å²) in [5.41, 5.74) is 1.50. The number of aromatic nitrogens is 2. The van der Waals surface area contributed by atoms with Gasteiger partial charge < -0.3 is 15.0 Å². The Balaban J connectivity index is 1.60. The molecule has 0 aliphatic carbocycles. The number of ether oxygens (including phenoxy) is 1. The molecule has 1 unspecified atom stereocenters. The zero-order valence-corrected chi connectivity index (χ0v) is 14.2. The number of carbonyl (C=O) groups is 1. The van der Waals surface area contributed by atoms with Crippen LogP contribution in [0.2, 0.25) is 0 Å². The summed E-state index contributed by atoms with van der Waals surface area (Å²) in [6.45, 7) is 1.78. The van der Waals surface area contributed by atoms with Gasteiger partial charge in [-0.1, -0.05) is 0 Å². The van der Waals surface area contributed by atoms with Gasteiger partial charge in [-0.2, -0.15) is 5.10 Å². The molecule has 25 heavy (non-hydrogen) atoms. The van der Waals surface area contributed by atoms with Crippen molar-refractivity contribution in [3.63, 3.8) is 0 Å². The summed E-state index contributed by atoms with van der Waals surface area (Å²) < 4.78 is 6.58. The molecule has 0 saturated carbocycles. The fraction of sp³-hybridized carbons (Fsp3) is 0.389. The number of benzene rings is 1. The maximum absolute atomic E-state index is 12.1. The Bertz CT molecular complexity index is 772. The number of rotatable bonds is 5. The van der Waals surface area contributed by atoms with Crippen LogP contribution in [0.3, 0.4) is 0 Å². The van der Waals surface area contributed by atoms with Crippen LogP contribution < -0.4 is 15.8 Å². The van der Waals surface area contributed by atoms with Gasteiger partial charge in [0, 0.05) is 43.8 Å². The quantitative estimate of drug-likeness (QED) is 0.891. The van der Waals surface area contributed by atoms with Crippen LogP contribution in [0.15, 0.2) is 47.4 Å². The van der Waals surface area contributed by atoms with Crippen LogP contribution in [0.4, 0.5) is 11.4 Å². The monoisotopic (exact) mass is 342 g/mol. The Labute approximate surface area is 146 Å². The molecule has 1 fully saturated rings. The average molecular weight is 342 g/mol. The second-order valence-electron chi connectivity index (χ2n) is 6.06. The van der Waals surface area contributed by atoms with Crippen LogP contribution in [-0.4, -0.2) is 42.0 Å². The molecule has 1 aromatic heterocycles. The molecule has 2 aromatic rings. The van der Waals surface area contributed by atoms with Crippen LogP contribution in [0.25, 0.3) is 0 Å². The second-order valence-corrected chi connectivity index (χ2v) is 6.06. The number of carbonyl (C=O) groups excluding carboxylic acids is 1. The van der Waals surface area contributed by atoms with Crippen LogP contribution in [-0.2, 0) is 16.1 Å². The molecule has 1 aliphatic rings. The number of amides is 1. The molecule has 1 aliphatic heterocycles. The highest BCUT2D eigenvalue weighted by Crippen LogP contribution is 2.22. The van der Waals surface area contributed by atoms with Crippen LogP contribution in [0, 0.1) is 0 Å². The largest absolute Gasteiger partial charge is 0.380 e. The molecule has 132 valence electrons. The minimum Gasteiger partial charge on any atom is -0.380 e. The first-order valence-corrected chi connectivity index (χ1v) is 8.35. The number of hydrogen-bond acceptors (Lipinski definition) is 5. The summed E-state index contributed by atoms with van der Waals surface area (Å²) in [5.74, 6) is -0.286. The third kappa shape index (κ3) is 4.45. The predicted octanol–water partition coefficient (Wildman–Crippen LogP) is 1.50. The Kier molecular flexibility index (Phi) is 5.45. The van der Waals surface area contributed by atoms with Crippen molar-refractivity contribution in [2.75, 3.05) is 30.4 Å². The lowest BCUT2D eigenvalue weighted by Gasteiger charge is -2.33. The highest BCUT2D eigenvalue weighted by molar-refractivity contribution is 5.90. The van der Waals surface area contributed by atoms with Crippen molar-refractivity contribution in [1.29, 1.82) is 0 Å². The van der Waals surface area contributed by atoms with Crippen molar-refractivity contribution in [3.8, 4) is 0 Å². The number of methoxy groups -OCH3 is 1. The van der Waals surface area contributed by atoms with Gasteiger partial charge in [-0.15, -0.1) is 0 Å². The SMILES string of the molecule is COC1CCCN(c2ccc(NC(=O)Cn3ncccc3=O)cc2)C1. The minimum atomic E-state index is -0.300. The summed E-state index contributed by atoms with van der Waals surface area (Å²) in [6, 6.07) is 10.6. The molecule has 1 saturated heterocycles. The van der Waals surface area contributed by atoms with Gasteiger partial charge in [-0.05, 0) is 43.2 Å². The zero-order chi connectivity index (χ0) is 17.6. The number of nitrogens with zero attached hydrogens (tertiary/aromatic N) is 3. The maximum atomic E-state index is 12.1. The Morgan fingerprint density at radius 1 is 1.32 bits per heavy atom. The molecule has 0 bridgehead atoms. The van der Waals surface area contributed by atoms with E-state index in [9.17, 15) is 9.59 Å². The smallest absolute Gasteiger partial charge is 0.267 e. The lowest BCUT2D eigenvalue weighted by atomic mass is 10.1. The second kappa shape index (κ2) is 7.94. The van der Waals surface area contributed by atoms with E-state index < -0.39 is 0 Å². The molecule has 2 heterocycles. The zero-order valence-electron chi connectivity index (χ0n) is 14.2. The van der Waals surface area contributed by atoms with Gasteiger partial charge in [-0.3, -0.25) is 9.59 Å². The highest BCUT2D eigenvalue weighted by atomic mass is 16.5. The van der Waals surface area contributed by atoms with E-state index in [1.807, 2.05) is 24.3 Å². The van der Waals surface area contributed by atoms with Gasteiger partial charge in [0.05, 0.1) is 6.10 Å². The predicted molar refractivity (Wildman–Crippen MR) is 95.8 cm³/mol. The molecule has 0 spiro atoms. The van der Waals surface area contributed by atoms with Crippen molar-refractivity contribution >= 4 is 17.3 Å². The van der Waals surface area contributed by atoms with Gasteiger partial charge in [0.2, 0.25) is 5.91 Å². The lowest BCUT2D eigenvalue weighted by molar-refractivity contribution is -0.117. The third-order valence-corrected chi connectivity index (χ3v) is 4.31. The van der Waals surface area contributed by atoms with E-state index in [0.717, 1.165) is 36.3 Å². The number of nitrogens with one attached hydrogen (secondary N) is 1. The van der Waals surface area contributed by atoms with E-state index >= 15 is 0 Å². The minimum absolute atomic E-state index is 0.108. The van der Waals surface area contributed by atoms with Gasteiger partial charge in [0.25, 0.3) is 5.56 Å². The molecular weight excluding hydrogens is 320 g/mol. The molecule has 1 aromatic carbocycles. The first kappa shape index (κ1) is 17.2. The van der Waals surface area contributed by atoms with Gasteiger partial charge in [-0.25, -0.2) is 4.68 Å². The van der Waals surface area contributed by atoms with E-state index in [1.54, 1.807) is 13.2 Å². The summed E-state index contributed by atoms with van der Waals surface area (Å²) in [7, 11) is 1.75. The molecule has 0 radical (unpaired) electrons. The van der Waals surface area contributed by atoms with Crippen LogP contribution in [0.1, 0.15) is 12.8 Å². The molecule has 7 nitrogen and oxygen atoms in total. The Morgan fingerprint density at radius 3 is 2.84 bits per heavy atom. The third-order valence-electron chi connectivity index (χ3n) is 4.31.